The van der Waals surface area contributed by atoms with Crippen molar-refractivity contribution in [2.24, 2.45) is 28.1 Å². The third-order valence-electron chi connectivity index (χ3n) is 5.17. The molecule has 12 nitrogen and oxygen atoms in total. The number of thiol groups is 1. The molecule has 0 radical (unpaired) electrons. The van der Waals surface area contributed by atoms with Crippen LogP contribution in [-0.4, -0.2) is 82.7 Å². The van der Waals surface area contributed by atoms with E-state index in [1.807, 2.05) is 0 Å². The molecule has 0 saturated carbocycles. The van der Waals surface area contributed by atoms with Gasteiger partial charge in [0.1, 0.15) is 18.1 Å². The predicted octanol–water partition coefficient (Wildman–Crippen LogP) is -2.00. The number of guanidine groups is 1. The number of nitrogens with zero attached hydrogens (tertiary/aromatic N) is 2. The lowest BCUT2D eigenvalue weighted by atomic mass is 10.0. The molecule has 4 atom stereocenters. The molecule has 0 aliphatic carbocycles. The molecule has 1 fully saturated rings. The van der Waals surface area contributed by atoms with E-state index in [1.54, 1.807) is 13.8 Å². The number of carboxylic acid groups (broad SMARTS) is 1. The Labute approximate surface area is 193 Å². The second-order valence-corrected chi connectivity index (χ2v) is 8.42. The summed E-state index contributed by atoms with van der Waals surface area (Å²) in [6, 6.07) is -3.73. The molecule has 1 aliphatic heterocycles. The summed E-state index contributed by atoms with van der Waals surface area (Å²) < 4.78 is 0. The normalized spacial score (nSPS) is 18.5. The van der Waals surface area contributed by atoms with Crippen LogP contribution in [0.4, 0.5) is 0 Å². The topological polar surface area (TPSA) is 206 Å². The van der Waals surface area contributed by atoms with Crippen molar-refractivity contribution in [2.45, 2.75) is 63.7 Å². The molecular formula is C19H35N7O5S. The van der Waals surface area contributed by atoms with Crippen molar-refractivity contribution in [2.75, 3.05) is 18.8 Å². The Balaban J connectivity index is 2.73. The number of aliphatic imine (C=N–C) groups is 1. The van der Waals surface area contributed by atoms with Crippen LogP contribution in [0.15, 0.2) is 4.99 Å². The maximum absolute atomic E-state index is 13.0. The molecule has 13 heteroatoms. The monoisotopic (exact) mass is 473 g/mol. The Bertz CT molecular complexity index is 714. The quantitative estimate of drug-likeness (QED) is 0.0728. The first-order valence-electron chi connectivity index (χ1n) is 10.5. The number of likely N-dealkylation sites (tertiary alicyclic amines) is 1. The average molecular weight is 474 g/mol. The molecule has 182 valence electrons. The maximum Gasteiger partial charge on any atom is 0.326 e. The van der Waals surface area contributed by atoms with Crippen LogP contribution in [0.1, 0.15) is 39.5 Å². The third kappa shape index (κ3) is 8.19. The fourth-order valence-corrected chi connectivity index (χ4v) is 3.61. The number of hydrogen-bond acceptors (Lipinski definition) is 7. The van der Waals surface area contributed by atoms with Crippen molar-refractivity contribution in [1.82, 2.24) is 15.5 Å². The molecule has 1 heterocycles. The first kappa shape index (κ1) is 27.5. The highest BCUT2D eigenvalue weighted by Crippen LogP contribution is 2.20. The van der Waals surface area contributed by atoms with Crippen molar-refractivity contribution < 1.29 is 24.3 Å². The van der Waals surface area contributed by atoms with Gasteiger partial charge < -0.3 is 37.8 Å². The summed E-state index contributed by atoms with van der Waals surface area (Å²) in [6.45, 7) is 4.13. The van der Waals surface area contributed by atoms with Crippen molar-refractivity contribution in [3.05, 3.63) is 0 Å². The summed E-state index contributed by atoms with van der Waals surface area (Å²) in [6.07, 6.45) is 1.74. The molecule has 4 unspecified atom stereocenters. The zero-order valence-electron chi connectivity index (χ0n) is 18.5. The van der Waals surface area contributed by atoms with Crippen LogP contribution in [0, 0.1) is 5.92 Å². The minimum atomic E-state index is -1.07. The van der Waals surface area contributed by atoms with Gasteiger partial charge in [0.15, 0.2) is 5.96 Å². The standard InChI is InChI=1S/C19H35N7O5S/c1-10(2)14(17(29)26-8-4-6-13(26)18(30)31)25-16(28)12(9-32)24-15(27)11(20)5-3-7-23-19(21)22/h10-14,32H,3-9,20H2,1-2H3,(H,24,27)(H,25,28)(H,30,31)(H4,21,22,23). The zero-order chi connectivity index (χ0) is 24.4. The molecule has 9 N–H and O–H groups in total. The van der Waals surface area contributed by atoms with Crippen molar-refractivity contribution >= 4 is 42.3 Å². The van der Waals surface area contributed by atoms with Gasteiger partial charge in [-0.25, -0.2) is 4.79 Å². The van der Waals surface area contributed by atoms with E-state index in [2.05, 4.69) is 28.3 Å². The molecule has 0 bridgehead atoms. The van der Waals surface area contributed by atoms with Gasteiger partial charge in [-0.05, 0) is 31.6 Å². The van der Waals surface area contributed by atoms with E-state index in [-0.39, 0.29) is 17.6 Å². The fraction of sp³-hybridized carbons (Fsp3) is 0.737. The predicted molar refractivity (Wildman–Crippen MR) is 123 cm³/mol. The van der Waals surface area contributed by atoms with Gasteiger partial charge in [0.05, 0.1) is 6.04 Å². The van der Waals surface area contributed by atoms with Gasteiger partial charge in [-0.15, -0.1) is 0 Å². The highest BCUT2D eigenvalue weighted by atomic mass is 32.1. The van der Waals surface area contributed by atoms with Crippen LogP contribution >= 0.6 is 12.6 Å². The van der Waals surface area contributed by atoms with Crippen LogP contribution in [0.25, 0.3) is 0 Å². The minimum Gasteiger partial charge on any atom is -0.480 e. The lowest BCUT2D eigenvalue weighted by Gasteiger charge is -2.30. The first-order chi connectivity index (χ1) is 15.0. The molecule has 0 spiro atoms. The van der Waals surface area contributed by atoms with E-state index in [4.69, 9.17) is 17.2 Å². The maximum atomic E-state index is 13.0. The smallest absolute Gasteiger partial charge is 0.326 e. The van der Waals surface area contributed by atoms with E-state index < -0.39 is 47.9 Å². The highest BCUT2D eigenvalue weighted by Gasteiger charge is 2.39. The molecule has 32 heavy (non-hydrogen) atoms. The summed E-state index contributed by atoms with van der Waals surface area (Å²) in [4.78, 5) is 54.6. The molecule has 1 saturated heterocycles. The Morgan fingerprint density at radius 2 is 1.84 bits per heavy atom. The van der Waals surface area contributed by atoms with Crippen LogP contribution in [-0.2, 0) is 19.2 Å². The Hall–Kier alpha value is -2.54. The minimum absolute atomic E-state index is 0.0151. The summed E-state index contributed by atoms with van der Waals surface area (Å²) in [7, 11) is 0. The highest BCUT2D eigenvalue weighted by molar-refractivity contribution is 7.80. The SMILES string of the molecule is CC(C)C(NC(=O)C(CS)NC(=O)C(N)CCCN=C(N)N)C(=O)N1CCCC1C(=O)O. The number of aliphatic carboxylic acids is 1. The summed E-state index contributed by atoms with van der Waals surface area (Å²) in [5, 5.41) is 14.5. The number of nitrogens with one attached hydrogen (secondary N) is 2. The second kappa shape index (κ2) is 13.1. The molecule has 0 aromatic rings. The van der Waals surface area contributed by atoms with Crippen molar-refractivity contribution in [1.29, 1.82) is 0 Å². The molecule has 0 aromatic heterocycles. The number of nitrogens with two attached hydrogens (primary N) is 3. The van der Waals surface area contributed by atoms with Crippen molar-refractivity contribution in [3.8, 4) is 0 Å². The van der Waals surface area contributed by atoms with Gasteiger partial charge in [-0.3, -0.25) is 19.4 Å². The van der Waals surface area contributed by atoms with E-state index in [1.165, 1.54) is 4.90 Å². The van der Waals surface area contributed by atoms with Gasteiger partial charge >= 0.3 is 5.97 Å². The average Bonchev–Trinajstić information content (AvgIpc) is 3.22. The fourth-order valence-electron chi connectivity index (χ4n) is 3.36. The van der Waals surface area contributed by atoms with Gasteiger partial charge in [-0.2, -0.15) is 12.6 Å². The van der Waals surface area contributed by atoms with E-state index in [0.717, 1.165) is 0 Å². The zero-order valence-corrected chi connectivity index (χ0v) is 19.4. The summed E-state index contributed by atoms with van der Waals surface area (Å²) in [5.41, 5.74) is 16.3. The van der Waals surface area contributed by atoms with Gasteiger partial charge in [0.2, 0.25) is 17.7 Å². The van der Waals surface area contributed by atoms with Gasteiger partial charge in [0, 0.05) is 18.8 Å². The lowest BCUT2D eigenvalue weighted by molar-refractivity contribution is -0.150. The number of carboxylic acids is 1. The van der Waals surface area contributed by atoms with Gasteiger partial charge in [-0.1, -0.05) is 13.8 Å². The van der Waals surface area contributed by atoms with E-state index in [0.29, 0.717) is 38.8 Å². The molecule has 3 amide bonds. The number of amides is 3. The molecule has 1 aliphatic rings. The first-order valence-corrected chi connectivity index (χ1v) is 11.2. The number of carbonyl (C=O) groups excluding carboxylic acids is 3. The van der Waals surface area contributed by atoms with Crippen LogP contribution in [0.2, 0.25) is 0 Å². The number of carbonyl (C=O) groups is 4. The Kier molecular flexibility index (Phi) is 11.3. The molecule has 0 aromatic carbocycles. The van der Waals surface area contributed by atoms with Crippen molar-refractivity contribution in [3.63, 3.8) is 0 Å². The van der Waals surface area contributed by atoms with E-state index in [9.17, 15) is 24.3 Å². The number of rotatable bonds is 12. The van der Waals surface area contributed by atoms with E-state index >= 15 is 0 Å². The molecule has 1 rings (SSSR count). The second-order valence-electron chi connectivity index (χ2n) is 8.06. The third-order valence-corrected chi connectivity index (χ3v) is 5.54. The number of hydrogen-bond donors (Lipinski definition) is 7. The van der Waals surface area contributed by atoms with Crippen LogP contribution in [0.3, 0.4) is 0 Å². The Morgan fingerprint density at radius 3 is 2.38 bits per heavy atom. The summed E-state index contributed by atoms with van der Waals surface area (Å²) in [5.74, 6) is -3.03. The largest absolute Gasteiger partial charge is 0.480 e. The van der Waals surface area contributed by atoms with Crippen LogP contribution < -0.4 is 27.8 Å². The summed E-state index contributed by atoms with van der Waals surface area (Å²) >= 11 is 4.13. The van der Waals surface area contributed by atoms with Gasteiger partial charge in [0.25, 0.3) is 0 Å². The Morgan fingerprint density at radius 1 is 1.19 bits per heavy atom. The van der Waals surface area contributed by atoms with Crippen LogP contribution in [0.5, 0.6) is 0 Å². The molecular weight excluding hydrogens is 438 g/mol. The lowest BCUT2D eigenvalue weighted by Crippen LogP contribution is -2.59.